The Morgan fingerprint density at radius 3 is 3.19 bits per heavy atom. The minimum Gasteiger partial charge on any atom is -0.367 e. The summed E-state index contributed by atoms with van der Waals surface area (Å²) in [5.74, 6) is 1.32. The third-order valence-corrected chi connectivity index (χ3v) is 2.87. The molecule has 1 fully saturated rings. The van der Waals surface area contributed by atoms with Gasteiger partial charge in [-0.3, -0.25) is 10.1 Å². The molecule has 86 valence electrons. The lowest BCUT2D eigenvalue weighted by atomic mass is 10.2. The number of pyridine rings is 1. The van der Waals surface area contributed by atoms with Crippen molar-refractivity contribution in [3.8, 4) is 0 Å². The largest absolute Gasteiger partial charge is 0.367 e. The Hall–Kier alpha value is -1.65. The summed E-state index contributed by atoms with van der Waals surface area (Å²) in [6, 6.07) is 3.34. The number of hydrogen-bond acceptors (Lipinski definition) is 4. The van der Waals surface area contributed by atoms with Crippen molar-refractivity contribution >= 4 is 11.5 Å². The topological polar surface area (TPSA) is 68.1 Å². The molecule has 0 radical (unpaired) electrons. The average molecular weight is 221 g/mol. The third-order valence-electron chi connectivity index (χ3n) is 2.87. The van der Waals surface area contributed by atoms with E-state index in [1.807, 2.05) is 0 Å². The first-order valence-corrected chi connectivity index (χ1v) is 5.57. The number of nitro groups is 1. The molecular formula is C11H15N3O2. The fourth-order valence-electron chi connectivity index (χ4n) is 1.92. The molecule has 1 saturated carbocycles. The lowest BCUT2D eigenvalue weighted by molar-refractivity contribution is -0.384. The van der Waals surface area contributed by atoms with Crippen molar-refractivity contribution in [3.05, 3.63) is 28.4 Å². The first-order valence-electron chi connectivity index (χ1n) is 5.57. The molecule has 2 unspecified atom stereocenters. The van der Waals surface area contributed by atoms with E-state index in [4.69, 9.17) is 0 Å². The van der Waals surface area contributed by atoms with Gasteiger partial charge in [-0.05, 0) is 18.8 Å². The van der Waals surface area contributed by atoms with E-state index in [0.29, 0.717) is 17.8 Å². The van der Waals surface area contributed by atoms with Crippen molar-refractivity contribution in [2.45, 2.75) is 32.2 Å². The van der Waals surface area contributed by atoms with Crippen LogP contribution in [0.15, 0.2) is 18.3 Å². The highest BCUT2D eigenvalue weighted by Gasteiger charge is 2.36. The first-order chi connectivity index (χ1) is 7.70. The molecule has 0 amide bonds. The maximum absolute atomic E-state index is 10.6. The second kappa shape index (κ2) is 4.47. The average Bonchev–Trinajstić information content (AvgIpc) is 2.97. The standard InChI is InChI=1S/C11H15N3O2/c1-2-3-8-6-10(8)13-11-7-9(14(15)16)4-5-12-11/h4-5,7-8,10H,2-3,6H2,1H3,(H,12,13). The van der Waals surface area contributed by atoms with Crippen molar-refractivity contribution in [2.24, 2.45) is 5.92 Å². The van der Waals surface area contributed by atoms with E-state index in [1.165, 1.54) is 31.2 Å². The quantitative estimate of drug-likeness (QED) is 0.613. The van der Waals surface area contributed by atoms with Crippen LogP contribution < -0.4 is 5.32 Å². The Kier molecular flexibility index (Phi) is 3.03. The molecule has 0 bridgehead atoms. The second-order valence-electron chi connectivity index (χ2n) is 4.19. The van der Waals surface area contributed by atoms with Crippen LogP contribution in [0.2, 0.25) is 0 Å². The van der Waals surface area contributed by atoms with Gasteiger partial charge in [0, 0.05) is 18.3 Å². The molecule has 1 aliphatic carbocycles. The van der Waals surface area contributed by atoms with Gasteiger partial charge in [0.1, 0.15) is 5.82 Å². The Bertz CT molecular complexity index is 395. The molecule has 16 heavy (non-hydrogen) atoms. The number of nitrogens with zero attached hydrogens (tertiary/aromatic N) is 2. The summed E-state index contributed by atoms with van der Waals surface area (Å²) in [5.41, 5.74) is 0.0881. The zero-order chi connectivity index (χ0) is 11.5. The fraction of sp³-hybridized carbons (Fsp3) is 0.545. The van der Waals surface area contributed by atoms with Gasteiger partial charge in [-0.2, -0.15) is 0 Å². The van der Waals surface area contributed by atoms with Gasteiger partial charge in [0.05, 0.1) is 11.0 Å². The second-order valence-corrected chi connectivity index (χ2v) is 4.19. The van der Waals surface area contributed by atoms with E-state index in [1.54, 1.807) is 0 Å². The minimum atomic E-state index is -0.400. The highest BCUT2D eigenvalue weighted by Crippen LogP contribution is 2.37. The van der Waals surface area contributed by atoms with E-state index in [2.05, 4.69) is 17.2 Å². The van der Waals surface area contributed by atoms with Crippen molar-refractivity contribution < 1.29 is 4.92 Å². The molecule has 5 heteroatoms. The normalized spacial score (nSPS) is 22.8. The Balaban J connectivity index is 1.95. The van der Waals surface area contributed by atoms with Gasteiger partial charge in [-0.25, -0.2) is 4.98 Å². The molecule has 2 atom stereocenters. The number of aromatic nitrogens is 1. The maximum atomic E-state index is 10.6. The molecule has 0 saturated heterocycles. The fourth-order valence-corrected chi connectivity index (χ4v) is 1.92. The molecular weight excluding hydrogens is 206 g/mol. The maximum Gasteiger partial charge on any atom is 0.274 e. The van der Waals surface area contributed by atoms with Crippen LogP contribution in [0, 0.1) is 16.0 Å². The first kappa shape index (κ1) is 10.9. The van der Waals surface area contributed by atoms with Crippen LogP contribution in [0.25, 0.3) is 0 Å². The van der Waals surface area contributed by atoms with Crippen LogP contribution in [0.3, 0.4) is 0 Å². The van der Waals surface area contributed by atoms with E-state index in [9.17, 15) is 10.1 Å². The van der Waals surface area contributed by atoms with Gasteiger partial charge >= 0.3 is 0 Å². The molecule has 0 aromatic carbocycles. The molecule has 1 N–H and O–H groups in total. The van der Waals surface area contributed by atoms with E-state index >= 15 is 0 Å². The van der Waals surface area contributed by atoms with Crippen molar-refractivity contribution in [1.29, 1.82) is 0 Å². The Morgan fingerprint density at radius 2 is 2.50 bits per heavy atom. The number of hydrogen-bond donors (Lipinski definition) is 1. The molecule has 1 aromatic rings. The van der Waals surface area contributed by atoms with Crippen molar-refractivity contribution in [2.75, 3.05) is 5.32 Å². The van der Waals surface area contributed by atoms with Gasteiger partial charge < -0.3 is 5.32 Å². The minimum absolute atomic E-state index is 0.0881. The zero-order valence-corrected chi connectivity index (χ0v) is 9.22. The summed E-state index contributed by atoms with van der Waals surface area (Å²) in [6.45, 7) is 2.17. The van der Waals surface area contributed by atoms with Gasteiger partial charge in [0.15, 0.2) is 0 Å². The summed E-state index contributed by atoms with van der Waals surface area (Å²) in [5, 5.41) is 13.8. The highest BCUT2D eigenvalue weighted by molar-refractivity contribution is 5.45. The Labute approximate surface area is 94.0 Å². The lowest BCUT2D eigenvalue weighted by Crippen LogP contribution is -2.06. The summed E-state index contributed by atoms with van der Waals surface area (Å²) in [6.07, 6.45) is 5.02. The van der Waals surface area contributed by atoms with E-state index in [-0.39, 0.29) is 5.69 Å². The van der Waals surface area contributed by atoms with Gasteiger partial charge in [-0.1, -0.05) is 13.3 Å². The molecule has 2 rings (SSSR count). The summed E-state index contributed by atoms with van der Waals surface area (Å²) >= 11 is 0. The van der Waals surface area contributed by atoms with Crippen LogP contribution in [0.1, 0.15) is 26.2 Å². The van der Waals surface area contributed by atoms with Crippen LogP contribution >= 0.6 is 0 Å². The predicted octanol–water partition coefficient (Wildman–Crippen LogP) is 2.59. The van der Waals surface area contributed by atoms with Crippen LogP contribution in [0.5, 0.6) is 0 Å². The van der Waals surface area contributed by atoms with Gasteiger partial charge in [0.2, 0.25) is 0 Å². The van der Waals surface area contributed by atoms with Crippen molar-refractivity contribution in [1.82, 2.24) is 4.98 Å². The molecule has 0 spiro atoms. The highest BCUT2D eigenvalue weighted by atomic mass is 16.6. The monoisotopic (exact) mass is 221 g/mol. The van der Waals surface area contributed by atoms with Crippen LogP contribution in [0.4, 0.5) is 11.5 Å². The zero-order valence-electron chi connectivity index (χ0n) is 9.22. The molecule has 1 aromatic heterocycles. The SMILES string of the molecule is CCCC1CC1Nc1cc([N+](=O)[O-])ccn1. The van der Waals surface area contributed by atoms with E-state index < -0.39 is 4.92 Å². The summed E-state index contributed by atoms with van der Waals surface area (Å²) in [4.78, 5) is 14.3. The smallest absolute Gasteiger partial charge is 0.274 e. The predicted molar refractivity (Wildman–Crippen MR) is 61.3 cm³/mol. The van der Waals surface area contributed by atoms with Crippen LogP contribution in [-0.4, -0.2) is 15.9 Å². The van der Waals surface area contributed by atoms with Gasteiger partial charge in [-0.15, -0.1) is 0 Å². The molecule has 0 aliphatic heterocycles. The Morgan fingerprint density at radius 1 is 1.69 bits per heavy atom. The molecule has 1 aliphatic rings. The third kappa shape index (κ3) is 2.48. The van der Waals surface area contributed by atoms with Crippen LogP contribution in [-0.2, 0) is 0 Å². The number of rotatable bonds is 5. The van der Waals surface area contributed by atoms with Crippen molar-refractivity contribution in [3.63, 3.8) is 0 Å². The number of anilines is 1. The summed E-state index contributed by atoms with van der Waals surface area (Å²) < 4.78 is 0. The molecule has 5 nitrogen and oxygen atoms in total. The lowest BCUT2D eigenvalue weighted by Gasteiger charge is -2.03. The number of nitrogens with one attached hydrogen (secondary N) is 1. The summed E-state index contributed by atoms with van der Waals surface area (Å²) in [7, 11) is 0. The van der Waals surface area contributed by atoms with Gasteiger partial charge in [0.25, 0.3) is 5.69 Å². The molecule has 1 heterocycles. The van der Waals surface area contributed by atoms with E-state index in [0.717, 1.165) is 6.42 Å².